The van der Waals surface area contributed by atoms with Gasteiger partial charge in [-0.25, -0.2) is 14.4 Å². The van der Waals surface area contributed by atoms with Crippen molar-refractivity contribution >= 4 is 16.7 Å². The van der Waals surface area contributed by atoms with E-state index >= 15 is 0 Å². The zero-order valence-electron chi connectivity index (χ0n) is 8.50. The number of halogens is 1. The lowest BCUT2D eigenvalue weighted by atomic mass is 10.2. The van der Waals surface area contributed by atoms with Gasteiger partial charge in [-0.05, 0) is 24.6 Å². The van der Waals surface area contributed by atoms with Crippen LogP contribution in [-0.2, 0) is 6.42 Å². The van der Waals surface area contributed by atoms with Gasteiger partial charge < -0.3 is 5.73 Å². The van der Waals surface area contributed by atoms with Gasteiger partial charge in [0.1, 0.15) is 17.5 Å². The predicted molar refractivity (Wildman–Crippen MR) is 57.9 cm³/mol. The number of anilines is 1. The fraction of sp³-hybridized carbons (Fsp3) is 0.273. The highest BCUT2D eigenvalue weighted by molar-refractivity contribution is 5.87. The Balaban J connectivity index is 2.62. The van der Waals surface area contributed by atoms with Crippen molar-refractivity contribution in [3.05, 3.63) is 29.8 Å². The van der Waals surface area contributed by atoms with E-state index in [9.17, 15) is 4.39 Å². The Labute approximate surface area is 87.2 Å². The van der Waals surface area contributed by atoms with Crippen LogP contribution in [0.15, 0.2) is 18.2 Å². The highest BCUT2D eigenvalue weighted by Crippen LogP contribution is 2.19. The van der Waals surface area contributed by atoms with Crippen LogP contribution in [-0.4, -0.2) is 9.97 Å². The average molecular weight is 205 g/mol. The molecular weight excluding hydrogens is 193 g/mol. The third kappa shape index (κ3) is 1.88. The van der Waals surface area contributed by atoms with Gasteiger partial charge in [-0.2, -0.15) is 0 Å². The first kappa shape index (κ1) is 9.83. The van der Waals surface area contributed by atoms with Crippen LogP contribution in [0, 0.1) is 5.82 Å². The predicted octanol–water partition coefficient (Wildman–Crippen LogP) is 2.30. The second-order valence-corrected chi connectivity index (χ2v) is 3.44. The van der Waals surface area contributed by atoms with Crippen molar-refractivity contribution in [3.8, 4) is 0 Å². The highest BCUT2D eigenvalue weighted by Gasteiger charge is 2.05. The Morgan fingerprint density at radius 2 is 2.13 bits per heavy atom. The van der Waals surface area contributed by atoms with Crippen LogP contribution in [0.1, 0.15) is 19.2 Å². The van der Waals surface area contributed by atoms with Crippen LogP contribution in [0.25, 0.3) is 10.9 Å². The molecule has 1 aromatic carbocycles. The maximum atomic E-state index is 13.0. The van der Waals surface area contributed by atoms with E-state index < -0.39 is 0 Å². The zero-order chi connectivity index (χ0) is 10.8. The molecule has 0 radical (unpaired) electrons. The molecule has 1 aromatic heterocycles. The molecule has 4 heteroatoms. The number of nitrogens with two attached hydrogens (primary N) is 1. The topological polar surface area (TPSA) is 51.8 Å². The van der Waals surface area contributed by atoms with E-state index in [1.54, 1.807) is 6.07 Å². The summed E-state index contributed by atoms with van der Waals surface area (Å²) >= 11 is 0. The van der Waals surface area contributed by atoms with E-state index in [2.05, 4.69) is 16.9 Å². The molecule has 2 N–H and O–H groups in total. The molecular formula is C11H12FN3. The lowest BCUT2D eigenvalue weighted by molar-refractivity contribution is 0.629. The van der Waals surface area contributed by atoms with Gasteiger partial charge in [0, 0.05) is 11.8 Å². The van der Waals surface area contributed by atoms with E-state index in [0.717, 1.165) is 12.8 Å². The molecule has 0 aliphatic rings. The van der Waals surface area contributed by atoms with Gasteiger partial charge in [-0.1, -0.05) is 6.92 Å². The number of fused-ring (bicyclic) bond motifs is 1. The first-order valence-electron chi connectivity index (χ1n) is 4.92. The van der Waals surface area contributed by atoms with Gasteiger partial charge in [0.15, 0.2) is 0 Å². The van der Waals surface area contributed by atoms with Crippen LogP contribution in [0.3, 0.4) is 0 Å². The number of aromatic nitrogens is 2. The van der Waals surface area contributed by atoms with E-state index in [1.165, 1.54) is 12.1 Å². The highest BCUT2D eigenvalue weighted by atomic mass is 19.1. The Hall–Kier alpha value is -1.71. The summed E-state index contributed by atoms with van der Waals surface area (Å²) < 4.78 is 13.0. The summed E-state index contributed by atoms with van der Waals surface area (Å²) in [4.78, 5) is 8.44. The number of benzene rings is 1. The Kier molecular flexibility index (Phi) is 2.49. The number of rotatable bonds is 2. The molecule has 0 saturated heterocycles. The Morgan fingerprint density at radius 1 is 1.33 bits per heavy atom. The molecule has 0 saturated carbocycles. The minimum atomic E-state index is -0.318. The minimum Gasteiger partial charge on any atom is -0.383 e. The van der Waals surface area contributed by atoms with Crippen molar-refractivity contribution in [3.63, 3.8) is 0 Å². The lowest BCUT2D eigenvalue weighted by Crippen LogP contribution is -2.01. The molecule has 0 fully saturated rings. The van der Waals surface area contributed by atoms with Crippen LogP contribution in [0.5, 0.6) is 0 Å². The molecule has 0 aliphatic heterocycles. The molecule has 78 valence electrons. The van der Waals surface area contributed by atoms with Gasteiger partial charge in [0.05, 0.1) is 5.52 Å². The first-order chi connectivity index (χ1) is 7.20. The molecule has 0 amide bonds. The molecule has 2 rings (SSSR count). The van der Waals surface area contributed by atoms with Crippen molar-refractivity contribution in [1.29, 1.82) is 0 Å². The standard InChI is InChI=1S/C11H12FN3/c1-2-3-10-14-9-5-4-7(12)6-8(9)11(13)15-10/h4-6H,2-3H2,1H3,(H2,13,14,15). The van der Waals surface area contributed by atoms with E-state index in [1.807, 2.05) is 0 Å². The van der Waals surface area contributed by atoms with Crippen LogP contribution >= 0.6 is 0 Å². The summed E-state index contributed by atoms with van der Waals surface area (Å²) in [7, 11) is 0. The van der Waals surface area contributed by atoms with Gasteiger partial charge in [-0.15, -0.1) is 0 Å². The normalized spacial score (nSPS) is 10.8. The van der Waals surface area contributed by atoms with E-state index in [-0.39, 0.29) is 5.82 Å². The van der Waals surface area contributed by atoms with Crippen LogP contribution < -0.4 is 5.73 Å². The maximum absolute atomic E-state index is 13.0. The maximum Gasteiger partial charge on any atom is 0.135 e. The molecule has 0 bridgehead atoms. The van der Waals surface area contributed by atoms with Crippen molar-refractivity contribution in [2.24, 2.45) is 0 Å². The summed E-state index contributed by atoms with van der Waals surface area (Å²) in [6.45, 7) is 2.05. The molecule has 0 unspecified atom stereocenters. The van der Waals surface area contributed by atoms with Gasteiger partial charge in [0.2, 0.25) is 0 Å². The number of aryl methyl sites for hydroxylation is 1. The average Bonchev–Trinajstić information content (AvgIpc) is 2.20. The summed E-state index contributed by atoms with van der Waals surface area (Å²) in [5.74, 6) is 0.748. The molecule has 1 heterocycles. The van der Waals surface area contributed by atoms with Gasteiger partial charge >= 0.3 is 0 Å². The number of hydrogen-bond acceptors (Lipinski definition) is 3. The summed E-state index contributed by atoms with van der Waals surface area (Å²) in [6.07, 6.45) is 1.75. The van der Waals surface area contributed by atoms with Crippen molar-refractivity contribution in [2.45, 2.75) is 19.8 Å². The zero-order valence-corrected chi connectivity index (χ0v) is 8.50. The Morgan fingerprint density at radius 3 is 2.87 bits per heavy atom. The fourth-order valence-corrected chi connectivity index (χ4v) is 1.51. The Bertz CT molecular complexity index is 496. The fourth-order valence-electron chi connectivity index (χ4n) is 1.51. The number of nitrogen functional groups attached to an aromatic ring is 1. The molecule has 0 spiro atoms. The van der Waals surface area contributed by atoms with Gasteiger partial charge in [0.25, 0.3) is 0 Å². The summed E-state index contributed by atoms with van der Waals surface area (Å²) in [5.41, 5.74) is 6.44. The quantitative estimate of drug-likeness (QED) is 0.818. The van der Waals surface area contributed by atoms with Gasteiger partial charge in [-0.3, -0.25) is 0 Å². The second kappa shape index (κ2) is 3.81. The van der Waals surface area contributed by atoms with E-state index in [4.69, 9.17) is 5.73 Å². The second-order valence-electron chi connectivity index (χ2n) is 3.44. The SMILES string of the molecule is CCCc1nc(N)c2cc(F)ccc2n1. The number of hydrogen-bond donors (Lipinski definition) is 1. The largest absolute Gasteiger partial charge is 0.383 e. The third-order valence-electron chi connectivity index (χ3n) is 2.21. The molecule has 0 atom stereocenters. The minimum absolute atomic E-state index is 0.318. The third-order valence-corrected chi connectivity index (χ3v) is 2.21. The molecule has 3 nitrogen and oxygen atoms in total. The summed E-state index contributed by atoms with van der Waals surface area (Å²) in [5, 5.41) is 0.579. The first-order valence-corrected chi connectivity index (χ1v) is 4.92. The monoisotopic (exact) mass is 205 g/mol. The lowest BCUT2D eigenvalue weighted by Gasteiger charge is -2.04. The van der Waals surface area contributed by atoms with Crippen molar-refractivity contribution < 1.29 is 4.39 Å². The van der Waals surface area contributed by atoms with Crippen molar-refractivity contribution in [1.82, 2.24) is 9.97 Å². The van der Waals surface area contributed by atoms with E-state index in [0.29, 0.717) is 22.5 Å². The van der Waals surface area contributed by atoms with Crippen LogP contribution in [0.2, 0.25) is 0 Å². The molecule has 15 heavy (non-hydrogen) atoms. The number of nitrogens with zero attached hydrogens (tertiary/aromatic N) is 2. The summed E-state index contributed by atoms with van der Waals surface area (Å²) in [6, 6.07) is 4.37. The smallest absolute Gasteiger partial charge is 0.135 e. The molecule has 2 aromatic rings. The molecule has 0 aliphatic carbocycles. The van der Waals surface area contributed by atoms with Crippen molar-refractivity contribution in [2.75, 3.05) is 5.73 Å². The van der Waals surface area contributed by atoms with Crippen LogP contribution in [0.4, 0.5) is 10.2 Å².